The molecule has 3 nitrogen and oxygen atoms in total. The smallest absolute Gasteiger partial charge is 0.122 e. The maximum Gasteiger partial charge on any atom is 0.122 e. The number of rotatable bonds is 6. The molecular formula is C12H18O3. The van der Waals surface area contributed by atoms with Crippen LogP contribution in [0.15, 0.2) is 24.3 Å². The average molecular weight is 210 g/mol. The Morgan fingerprint density at radius 2 is 2.07 bits per heavy atom. The monoisotopic (exact) mass is 210 g/mol. The molecule has 0 heterocycles. The molecule has 0 bridgehead atoms. The summed E-state index contributed by atoms with van der Waals surface area (Å²) in [5.74, 6) is 1.56. The van der Waals surface area contributed by atoms with Gasteiger partial charge in [0.2, 0.25) is 0 Å². The molecule has 0 aromatic heterocycles. The fourth-order valence-corrected chi connectivity index (χ4v) is 1.21. The largest absolute Gasteiger partial charge is 0.497 e. The molecule has 0 saturated heterocycles. The molecule has 0 aliphatic heterocycles. The molecular weight excluding hydrogens is 192 g/mol. The highest BCUT2D eigenvalue weighted by molar-refractivity contribution is 5.32. The predicted molar refractivity (Wildman–Crippen MR) is 59.4 cm³/mol. The van der Waals surface area contributed by atoms with E-state index in [-0.39, 0.29) is 6.10 Å². The first-order chi connectivity index (χ1) is 7.26. The predicted octanol–water partition coefficient (Wildman–Crippen LogP) is 2.24. The summed E-state index contributed by atoms with van der Waals surface area (Å²) in [4.78, 5) is 0. The van der Waals surface area contributed by atoms with Gasteiger partial charge in [-0.25, -0.2) is 0 Å². The third-order valence-electron chi connectivity index (χ3n) is 2.23. The Balaban J connectivity index is 2.37. The van der Waals surface area contributed by atoms with Crippen molar-refractivity contribution < 1.29 is 14.6 Å². The summed E-state index contributed by atoms with van der Waals surface area (Å²) in [6.45, 7) is 2.48. The molecule has 3 heteroatoms. The van der Waals surface area contributed by atoms with Gasteiger partial charge in [0.05, 0.1) is 19.8 Å². The second-order valence-corrected chi connectivity index (χ2v) is 3.38. The molecule has 1 N–H and O–H groups in total. The standard InChI is InChI=1S/C12H18O3/c1-3-10(13)7-8-15-12-6-4-5-11(9-12)14-2/h4-6,9-10,13H,3,7-8H2,1-2H3. The Hall–Kier alpha value is -1.22. The van der Waals surface area contributed by atoms with Crippen molar-refractivity contribution in [3.05, 3.63) is 24.3 Å². The number of ether oxygens (including phenoxy) is 2. The maximum absolute atomic E-state index is 9.33. The number of aliphatic hydroxyl groups is 1. The fourth-order valence-electron chi connectivity index (χ4n) is 1.21. The zero-order valence-corrected chi connectivity index (χ0v) is 9.27. The van der Waals surface area contributed by atoms with E-state index < -0.39 is 0 Å². The summed E-state index contributed by atoms with van der Waals surface area (Å²) in [5, 5.41) is 9.33. The van der Waals surface area contributed by atoms with Gasteiger partial charge in [-0.2, -0.15) is 0 Å². The van der Waals surface area contributed by atoms with Crippen molar-refractivity contribution in [3.8, 4) is 11.5 Å². The van der Waals surface area contributed by atoms with E-state index in [1.54, 1.807) is 7.11 Å². The summed E-state index contributed by atoms with van der Waals surface area (Å²) < 4.78 is 10.6. The van der Waals surface area contributed by atoms with Crippen LogP contribution >= 0.6 is 0 Å². The first-order valence-electron chi connectivity index (χ1n) is 5.21. The minimum atomic E-state index is -0.268. The van der Waals surface area contributed by atoms with Gasteiger partial charge < -0.3 is 14.6 Å². The van der Waals surface area contributed by atoms with Crippen LogP contribution in [-0.2, 0) is 0 Å². The minimum absolute atomic E-state index is 0.268. The summed E-state index contributed by atoms with van der Waals surface area (Å²) in [7, 11) is 1.62. The maximum atomic E-state index is 9.33. The Morgan fingerprint density at radius 1 is 1.33 bits per heavy atom. The lowest BCUT2D eigenvalue weighted by Crippen LogP contribution is -2.10. The molecule has 1 aromatic rings. The SMILES string of the molecule is CCC(O)CCOc1cccc(OC)c1. The summed E-state index contributed by atoms with van der Waals surface area (Å²) in [6, 6.07) is 7.46. The van der Waals surface area contributed by atoms with Gasteiger partial charge in [0.15, 0.2) is 0 Å². The highest BCUT2D eigenvalue weighted by Gasteiger charge is 2.01. The van der Waals surface area contributed by atoms with E-state index in [1.165, 1.54) is 0 Å². The molecule has 1 aromatic carbocycles. The van der Waals surface area contributed by atoms with Crippen LogP contribution in [0.3, 0.4) is 0 Å². The highest BCUT2D eigenvalue weighted by atomic mass is 16.5. The lowest BCUT2D eigenvalue weighted by Gasteiger charge is -2.10. The Labute approximate surface area is 90.6 Å². The van der Waals surface area contributed by atoms with E-state index in [2.05, 4.69) is 0 Å². The van der Waals surface area contributed by atoms with Gasteiger partial charge in [0, 0.05) is 12.5 Å². The third kappa shape index (κ3) is 4.21. The van der Waals surface area contributed by atoms with E-state index >= 15 is 0 Å². The Kier molecular flexibility index (Phi) is 4.98. The van der Waals surface area contributed by atoms with Crippen molar-refractivity contribution >= 4 is 0 Å². The number of hydrogen-bond donors (Lipinski definition) is 1. The van der Waals surface area contributed by atoms with Crippen molar-refractivity contribution in [1.82, 2.24) is 0 Å². The Morgan fingerprint density at radius 3 is 2.73 bits per heavy atom. The molecule has 0 aliphatic rings. The summed E-state index contributed by atoms with van der Waals surface area (Å²) >= 11 is 0. The van der Waals surface area contributed by atoms with Gasteiger partial charge in [-0.1, -0.05) is 13.0 Å². The molecule has 1 unspecified atom stereocenters. The minimum Gasteiger partial charge on any atom is -0.497 e. The number of benzene rings is 1. The van der Waals surface area contributed by atoms with Crippen LogP contribution in [0.4, 0.5) is 0 Å². The van der Waals surface area contributed by atoms with Gasteiger partial charge in [-0.05, 0) is 18.6 Å². The first-order valence-corrected chi connectivity index (χ1v) is 5.21. The number of aliphatic hydroxyl groups excluding tert-OH is 1. The van der Waals surface area contributed by atoms with Gasteiger partial charge in [0.1, 0.15) is 11.5 Å². The van der Waals surface area contributed by atoms with Crippen LogP contribution in [0.2, 0.25) is 0 Å². The zero-order valence-electron chi connectivity index (χ0n) is 9.27. The van der Waals surface area contributed by atoms with Crippen LogP contribution in [-0.4, -0.2) is 24.9 Å². The molecule has 0 amide bonds. The van der Waals surface area contributed by atoms with E-state index in [0.717, 1.165) is 17.9 Å². The second-order valence-electron chi connectivity index (χ2n) is 3.38. The molecule has 15 heavy (non-hydrogen) atoms. The second kappa shape index (κ2) is 6.30. The van der Waals surface area contributed by atoms with E-state index in [4.69, 9.17) is 9.47 Å². The van der Waals surface area contributed by atoms with Crippen molar-refractivity contribution in [2.75, 3.05) is 13.7 Å². The van der Waals surface area contributed by atoms with Crippen LogP contribution in [0.25, 0.3) is 0 Å². The molecule has 0 saturated carbocycles. The highest BCUT2D eigenvalue weighted by Crippen LogP contribution is 2.19. The van der Waals surface area contributed by atoms with Crippen molar-refractivity contribution in [2.45, 2.75) is 25.9 Å². The quantitative estimate of drug-likeness (QED) is 0.782. The van der Waals surface area contributed by atoms with Gasteiger partial charge in [0.25, 0.3) is 0 Å². The zero-order chi connectivity index (χ0) is 11.1. The molecule has 84 valence electrons. The van der Waals surface area contributed by atoms with Crippen LogP contribution in [0.5, 0.6) is 11.5 Å². The van der Waals surface area contributed by atoms with Crippen LogP contribution in [0, 0.1) is 0 Å². The molecule has 0 spiro atoms. The number of methoxy groups -OCH3 is 1. The van der Waals surface area contributed by atoms with E-state index in [0.29, 0.717) is 13.0 Å². The van der Waals surface area contributed by atoms with Crippen LogP contribution < -0.4 is 9.47 Å². The third-order valence-corrected chi connectivity index (χ3v) is 2.23. The van der Waals surface area contributed by atoms with Crippen molar-refractivity contribution in [3.63, 3.8) is 0 Å². The molecule has 0 radical (unpaired) electrons. The van der Waals surface area contributed by atoms with E-state index in [1.807, 2.05) is 31.2 Å². The van der Waals surface area contributed by atoms with Gasteiger partial charge >= 0.3 is 0 Å². The molecule has 1 rings (SSSR count). The van der Waals surface area contributed by atoms with E-state index in [9.17, 15) is 5.11 Å². The molecule has 1 atom stereocenters. The normalized spacial score (nSPS) is 12.2. The average Bonchev–Trinajstić information content (AvgIpc) is 2.29. The van der Waals surface area contributed by atoms with Crippen molar-refractivity contribution in [2.24, 2.45) is 0 Å². The van der Waals surface area contributed by atoms with Crippen LogP contribution in [0.1, 0.15) is 19.8 Å². The Bertz CT molecular complexity index is 286. The van der Waals surface area contributed by atoms with Gasteiger partial charge in [-0.3, -0.25) is 0 Å². The summed E-state index contributed by atoms with van der Waals surface area (Å²) in [5.41, 5.74) is 0. The topological polar surface area (TPSA) is 38.7 Å². The fraction of sp³-hybridized carbons (Fsp3) is 0.500. The van der Waals surface area contributed by atoms with Gasteiger partial charge in [-0.15, -0.1) is 0 Å². The number of hydrogen-bond acceptors (Lipinski definition) is 3. The molecule has 0 fully saturated rings. The summed E-state index contributed by atoms with van der Waals surface area (Å²) in [6.07, 6.45) is 1.16. The lowest BCUT2D eigenvalue weighted by molar-refractivity contribution is 0.135. The lowest BCUT2D eigenvalue weighted by atomic mass is 10.2. The van der Waals surface area contributed by atoms with Crippen molar-refractivity contribution in [1.29, 1.82) is 0 Å². The first kappa shape index (κ1) is 11.9. The molecule has 0 aliphatic carbocycles.